The predicted molar refractivity (Wildman–Crippen MR) is 72.9 cm³/mol. The summed E-state index contributed by atoms with van der Waals surface area (Å²) in [5.74, 6) is 1.64. The van der Waals surface area contributed by atoms with Gasteiger partial charge in [-0.15, -0.1) is 0 Å². The smallest absolute Gasteiger partial charge is 0.147 e. The molecule has 2 rings (SSSR count). The Bertz CT molecular complexity index is 353. The van der Waals surface area contributed by atoms with Crippen LogP contribution in [0.15, 0.2) is 12.4 Å². The summed E-state index contributed by atoms with van der Waals surface area (Å²) in [6, 6.07) is 0. The minimum absolute atomic E-state index is 0.313. The minimum atomic E-state index is 0.313. The molecule has 5 nitrogen and oxygen atoms in total. The molecule has 0 bridgehead atoms. The second-order valence-electron chi connectivity index (χ2n) is 4.59. The highest BCUT2D eigenvalue weighted by atomic mass is 16.5. The van der Waals surface area contributed by atoms with Gasteiger partial charge in [-0.3, -0.25) is 4.98 Å². The molecule has 1 atom stereocenters. The van der Waals surface area contributed by atoms with Crippen molar-refractivity contribution >= 4 is 11.6 Å². The van der Waals surface area contributed by atoms with Crippen LogP contribution in [-0.4, -0.2) is 35.8 Å². The largest absolute Gasteiger partial charge is 0.376 e. The number of hydrogen-bond acceptors (Lipinski definition) is 5. The monoisotopic (exact) mass is 250 g/mol. The molecule has 0 spiro atoms. The SMILES string of the molecule is CCCNc1cncc(NCC2CCCCO2)n1. The maximum atomic E-state index is 5.67. The van der Waals surface area contributed by atoms with Crippen molar-refractivity contribution in [2.45, 2.75) is 38.7 Å². The summed E-state index contributed by atoms with van der Waals surface area (Å²) in [5, 5.41) is 6.52. The van der Waals surface area contributed by atoms with Crippen LogP contribution in [0.1, 0.15) is 32.6 Å². The lowest BCUT2D eigenvalue weighted by Crippen LogP contribution is -2.27. The van der Waals surface area contributed by atoms with E-state index in [0.717, 1.165) is 44.2 Å². The van der Waals surface area contributed by atoms with Gasteiger partial charge in [0.25, 0.3) is 0 Å². The van der Waals surface area contributed by atoms with Gasteiger partial charge in [-0.25, -0.2) is 4.98 Å². The highest BCUT2D eigenvalue weighted by Gasteiger charge is 2.13. The number of aromatic nitrogens is 2. The van der Waals surface area contributed by atoms with E-state index in [9.17, 15) is 0 Å². The average molecular weight is 250 g/mol. The molecule has 1 aromatic rings. The van der Waals surface area contributed by atoms with Gasteiger partial charge in [-0.2, -0.15) is 0 Å². The van der Waals surface area contributed by atoms with E-state index in [-0.39, 0.29) is 0 Å². The van der Waals surface area contributed by atoms with E-state index in [1.54, 1.807) is 12.4 Å². The van der Waals surface area contributed by atoms with E-state index in [0.29, 0.717) is 6.10 Å². The van der Waals surface area contributed by atoms with Gasteiger partial charge >= 0.3 is 0 Å². The Kier molecular flexibility index (Phi) is 5.20. The molecule has 2 N–H and O–H groups in total. The van der Waals surface area contributed by atoms with Crippen LogP contribution in [0, 0.1) is 0 Å². The van der Waals surface area contributed by atoms with E-state index in [2.05, 4.69) is 27.5 Å². The van der Waals surface area contributed by atoms with Gasteiger partial charge in [0.15, 0.2) is 0 Å². The Morgan fingerprint density at radius 2 is 2.11 bits per heavy atom. The second-order valence-corrected chi connectivity index (χ2v) is 4.59. The normalized spacial score (nSPS) is 19.5. The van der Waals surface area contributed by atoms with Crippen molar-refractivity contribution in [2.75, 3.05) is 30.3 Å². The molecule has 0 aromatic carbocycles. The Balaban J connectivity index is 1.80. The summed E-state index contributed by atoms with van der Waals surface area (Å²) in [6.45, 7) is 4.74. The molecule has 5 heteroatoms. The topological polar surface area (TPSA) is 59.1 Å². The third-order valence-corrected chi connectivity index (χ3v) is 2.98. The van der Waals surface area contributed by atoms with E-state index >= 15 is 0 Å². The highest BCUT2D eigenvalue weighted by Crippen LogP contribution is 2.13. The average Bonchev–Trinajstić information content (AvgIpc) is 2.44. The molecule has 0 saturated carbocycles. The zero-order valence-corrected chi connectivity index (χ0v) is 11.0. The second kappa shape index (κ2) is 7.16. The van der Waals surface area contributed by atoms with Crippen LogP contribution in [0.5, 0.6) is 0 Å². The van der Waals surface area contributed by atoms with E-state index in [4.69, 9.17) is 4.74 Å². The molecule has 0 amide bonds. The summed E-state index contributed by atoms with van der Waals surface area (Å²) < 4.78 is 5.67. The summed E-state index contributed by atoms with van der Waals surface area (Å²) in [5.41, 5.74) is 0. The molecule has 1 fully saturated rings. The fourth-order valence-electron chi connectivity index (χ4n) is 1.98. The fraction of sp³-hybridized carbons (Fsp3) is 0.692. The van der Waals surface area contributed by atoms with Crippen molar-refractivity contribution in [3.05, 3.63) is 12.4 Å². The molecule has 100 valence electrons. The van der Waals surface area contributed by atoms with Crippen LogP contribution in [0.3, 0.4) is 0 Å². The van der Waals surface area contributed by atoms with Crippen LogP contribution >= 0.6 is 0 Å². The number of nitrogens with one attached hydrogen (secondary N) is 2. The van der Waals surface area contributed by atoms with E-state index in [1.165, 1.54) is 12.8 Å². The molecule has 0 radical (unpaired) electrons. The zero-order valence-electron chi connectivity index (χ0n) is 11.0. The number of hydrogen-bond donors (Lipinski definition) is 2. The lowest BCUT2D eigenvalue weighted by atomic mass is 10.1. The first-order valence-corrected chi connectivity index (χ1v) is 6.80. The molecule has 1 aromatic heterocycles. The molecule has 1 aliphatic heterocycles. The first-order valence-electron chi connectivity index (χ1n) is 6.80. The maximum Gasteiger partial charge on any atom is 0.147 e. The maximum absolute atomic E-state index is 5.67. The van der Waals surface area contributed by atoms with Crippen LogP contribution < -0.4 is 10.6 Å². The third kappa shape index (κ3) is 4.14. The highest BCUT2D eigenvalue weighted by molar-refractivity contribution is 5.41. The van der Waals surface area contributed by atoms with Crippen molar-refractivity contribution in [3.63, 3.8) is 0 Å². The summed E-state index contributed by atoms with van der Waals surface area (Å²) in [7, 11) is 0. The minimum Gasteiger partial charge on any atom is -0.376 e. The molecule has 1 aliphatic rings. The van der Waals surface area contributed by atoms with Gasteiger partial charge < -0.3 is 15.4 Å². The van der Waals surface area contributed by atoms with E-state index in [1.807, 2.05) is 0 Å². The van der Waals surface area contributed by atoms with Crippen molar-refractivity contribution < 1.29 is 4.74 Å². The third-order valence-electron chi connectivity index (χ3n) is 2.98. The Labute approximate surface area is 108 Å². The van der Waals surface area contributed by atoms with Crippen LogP contribution in [0.25, 0.3) is 0 Å². The zero-order chi connectivity index (χ0) is 12.6. The van der Waals surface area contributed by atoms with Gasteiger partial charge in [0.1, 0.15) is 11.6 Å². The molecule has 1 unspecified atom stereocenters. The summed E-state index contributed by atoms with van der Waals surface area (Å²) >= 11 is 0. The van der Waals surface area contributed by atoms with Crippen molar-refractivity contribution in [2.24, 2.45) is 0 Å². The van der Waals surface area contributed by atoms with Gasteiger partial charge in [-0.1, -0.05) is 6.92 Å². The van der Waals surface area contributed by atoms with Crippen LogP contribution in [-0.2, 0) is 4.74 Å². The van der Waals surface area contributed by atoms with Gasteiger partial charge in [0, 0.05) is 19.7 Å². The molecule has 0 aliphatic carbocycles. The molecular formula is C13H22N4O. The quantitative estimate of drug-likeness (QED) is 0.811. The lowest BCUT2D eigenvalue weighted by Gasteiger charge is -2.22. The Morgan fingerprint density at radius 3 is 2.83 bits per heavy atom. The molecule has 2 heterocycles. The summed E-state index contributed by atoms with van der Waals surface area (Å²) in [6.07, 6.45) is 8.47. The van der Waals surface area contributed by atoms with Crippen molar-refractivity contribution in [3.8, 4) is 0 Å². The van der Waals surface area contributed by atoms with E-state index < -0.39 is 0 Å². The van der Waals surface area contributed by atoms with Gasteiger partial charge in [-0.05, 0) is 25.7 Å². The van der Waals surface area contributed by atoms with Crippen LogP contribution in [0.2, 0.25) is 0 Å². The van der Waals surface area contributed by atoms with Crippen LogP contribution in [0.4, 0.5) is 11.6 Å². The predicted octanol–water partition coefficient (Wildman–Crippen LogP) is 2.28. The van der Waals surface area contributed by atoms with Crippen molar-refractivity contribution in [1.82, 2.24) is 9.97 Å². The van der Waals surface area contributed by atoms with Gasteiger partial charge in [0.05, 0.1) is 18.5 Å². The number of anilines is 2. The summed E-state index contributed by atoms with van der Waals surface area (Å²) in [4.78, 5) is 8.63. The lowest BCUT2D eigenvalue weighted by molar-refractivity contribution is 0.0247. The first kappa shape index (κ1) is 13.1. The standard InChI is InChI=1S/C13H22N4O/c1-2-6-15-12-9-14-10-13(17-12)16-8-11-5-3-4-7-18-11/h9-11H,2-8H2,1H3,(H2,15,16,17). The fourth-order valence-corrected chi connectivity index (χ4v) is 1.98. The molecular weight excluding hydrogens is 228 g/mol. The number of rotatable bonds is 6. The van der Waals surface area contributed by atoms with Gasteiger partial charge in [0.2, 0.25) is 0 Å². The Morgan fingerprint density at radius 1 is 1.28 bits per heavy atom. The first-order chi connectivity index (χ1) is 8.88. The van der Waals surface area contributed by atoms with Crippen molar-refractivity contribution in [1.29, 1.82) is 0 Å². The molecule has 1 saturated heterocycles. The number of ether oxygens (including phenoxy) is 1. The molecule has 18 heavy (non-hydrogen) atoms. The Hall–Kier alpha value is -1.36. The number of nitrogens with zero attached hydrogens (tertiary/aromatic N) is 2.